The van der Waals surface area contributed by atoms with E-state index in [1.54, 1.807) is 0 Å². The number of fused-ring (bicyclic) bond motifs is 3. The minimum Gasteiger partial charge on any atom is -0.314 e. The van der Waals surface area contributed by atoms with E-state index in [4.69, 9.17) is 0 Å². The average Bonchev–Trinajstić information content (AvgIpc) is 3.44. The predicted octanol–water partition coefficient (Wildman–Crippen LogP) is 11.2. The van der Waals surface area contributed by atoms with Gasteiger partial charge >= 0.3 is 0 Å². The van der Waals surface area contributed by atoms with Gasteiger partial charge in [0, 0.05) is 33.5 Å². The Morgan fingerprint density at radius 3 is 1.80 bits per heavy atom. The fraction of sp³-hybridized carbons (Fsp3) is 0.0698. The van der Waals surface area contributed by atoms with Crippen LogP contribution in [-0.2, 0) is 0 Å². The highest BCUT2D eigenvalue weighted by Gasteiger charge is 2.22. The maximum atomic E-state index is 3.11. The Kier molecular flexibility index (Phi) is 6.78. The zero-order valence-electron chi connectivity index (χ0n) is 25.2. The van der Waals surface area contributed by atoms with E-state index in [9.17, 15) is 0 Å². The summed E-state index contributed by atoms with van der Waals surface area (Å²) in [4.78, 5) is 2.39. The molecule has 2 nitrogen and oxygen atoms in total. The van der Waals surface area contributed by atoms with E-state index in [-0.39, 0.29) is 0 Å². The van der Waals surface area contributed by atoms with Crippen molar-refractivity contribution >= 4 is 38.8 Å². The molecule has 2 heteroatoms. The van der Waals surface area contributed by atoms with Crippen LogP contribution in [0.25, 0.3) is 44.2 Å². The number of rotatable bonds is 6. The third-order valence-corrected chi connectivity index (χ3v) is 8.96. The monoisotopic (exact) mass is 576 g/mol. The minimum atomic E-state index is 0.388. The molecule has 214 valence electrons. The van der Waals surface area contributed by atoms with Crippen molar-refractivity contribution in [3.63, 3.8) is 0 Å². The molecule has 1 aromatic heterocycles. The first-order valence-corrected chi connectivity index (χ1v) is 15.6. The maximum absolute atomic E-state index is 3.11. The zero-order chi connectivity index (χ0) is 30.2. The molecule has 7 aromatic rings. The van der Waals surface area contributed by atoms with Gasteiger partial charge in [0.25, 0.3) is 0 Å². The van der Waals surface area contributed by atoms with Crippen LogP contribution >= 0.6 is 0 Å². The Balaban J connectivity index is 1.12. The molecule has 0 aliphatic heterocycles. The summed E-state index contributed by atoms with van der Waals surface area (Å²) in [6, 6.07) is 58.1. The third kappa shape index (κ3) is 4.89. The van der Waals surface area contributed by atoms with Crippen LogP contribution in [0.3, 0.4) is 0 Å². The van der Waals surface area contributed by atoms with E-state index in [1.807, 2.05) is 12.1 Å². The molecule has 1 aliphatic rings. The second-order valence-corrected chi connectivity index (χ2v) is 11.7. The van der Waals surface area contributed by atoms with Gasteiger partial charge in [0.05, 0.1) is 11.0 Å². The van der Waals surface area contributed by atoms with Crippen molar-refractivity contribution in [3.8, 4) is 16.8 Å². The van der Waals surface area contributed by atoms with Crippen LogP contribution in [0.5, 0.6) is 0 Å². The molecule has 0 fully saturated rings. The lowest BCUT2D eigenvalue weighted by atomic mass is 9.86. The van der Waals surface area contributed by atoms with Gasteiger partial charge in [0.1, 0.15) is 0 Å². The second kappa shape index (κ2) is 11.4. The highest BCUT2D eigenvalue weighted by molar-refractivity contribution is 6.09. The van der Waals surface area contributed by atoms with E-state index < -0.39 is 0 Å². The Bertz CT molecular complexity index is 2110. The lowest BCUT2D eigenvalue weighted by Crippen LogP contribution is -2.20. The number of hydrogen-bond acceptors (Lipinski definition) is 1. The number of anilines is 2. The summed E-state index contributed by atoms with van der Waals surface area (Å²) < 4.78 is 2.36. The van der Waals surface area contributed by atoms with Gasteiger partial charge in [-0.05, 0) is 107 Å². The molecule has 1 heterocycles. The molecule has 0 bridgehead atoms. The lowest BCUT2D eigenvalue weighted by Gasteiger charge is -2.32. The van der Waals surface area contributed by atoms with Gasteiger partial charge in [-0.15, -0.1) is 0 Å². The van der Waals surface area contributed by atoms with E-state index in [0.29, 0.717) is 5.92 Å². The first kappa shape index (κ1) is 26.8. The topological polar surface area (TPSA) is 8.17 Å². The number of aromatic nitrogens is 1. The number of para-hydroxylation sites is 3. The van der Waals surface area contributed by atoms with E-state index in [2.05, 4.69) is 174 Å². The summed E-state index contributed by atoms with van der Waals surface area (Å²) in [6.07, 6.45) is 5.50. The van der Waals surface area contributed by atoms with E-state index in [1.165, 1.54) is 61.1 Å². The van der Waals surface area contributed by atoms with Crippen molar-refractivity contribution in [1.29, 1.82) is 0 Å². The molecular formula is C43H32N2. The number of nitrogens with zero attached hydrogens (tertiary/aromatic N) is 2. The molecule has 1 atom stereocenters. The normalized spacial score (nSPS) is 14.6. The molecule has 1 aliphatic carbocycles. The van der Waals surface area contributed by atoms with Crippen LogP contribution in [0.4, 0.5) is 11.4 Å². The zero-order valence-corrected chi connectivity index (χ0v) is 25.2. The Labute approximate surface area is 264 Å². The molecule has 0 saturated heterocycles. The van der Waals surface area contributed by atoms with Crippen molar-refractivity contribution in [2.75, 3.05) is 4.90 Å². The molecular weight excluding hydrogens is 544 g/mol. The Morgan fingerprint density at radius 1 is 0.578 bits per heavy atom. The summed E-state index contributed by atoms with van der Waals surface area (Å²) in [5.41, 5.74) is 12.2. The minimum absolute atomic E-state index is 0.388. The summed E-state index contributed by atoms with van der Waals surface area (Å²) in [5.74, 6) is 0.388. The van der Waals surface area contributed by atoms with Crippen molar-refractivity contribution in [2.24, 2.45) is 5.92 Å². The molecule has 0 radical (unpaired) electrons. The first-order chi connectivity index (χ1) is 22.2. The van der Waals surface area contributed by atoms with Gasteiger partial charge in [-0.2, -0.15) is 0 Å². The Morgan fingerprint density at radius 2 is 1.18 bits per heavy atom. The Hall–Kier alpha value is -5.78. The number of allylic oxidation sites excluding steroid dienone is 4. The average molecular weight is 577 g/mol. The molecule has 6 aromatic carbocycles. The standard InChI is InChI=1S/C43H32N2/c1-31-30-38(28-29-39(31)34-12-4-2-5-13-34)44(35-14-6-3-7-15-35)36-24-20-32(21-25-36)33-22-26-37(27-23-33)45-42-18-10-8-16-40(42)41-17-9-11-19-43(41)45/h3-4,6-29,31H,30H2,1H3. The molecule has 0 amide bonds. The third-order valence-electron chi connectivity index (χ3n) is 8.96. The van der Waals surface area contributed by atoms with Crippen molar-refractivity contribution in [2.45, 2.75) is 13.3 Å². The van der Waals surface area contributed by atoms with Gasteiger partial charge in [-0.25, -0.2) is 0 Å². The van der Waals surface area contributed by atoms with Crippen LogP contribution < -0.4 is 4.90 Å². The summed E-state index contributed by atoms with van der Waals surface area (Å²) in [7, 11) is 0. The fourth-order valence-electron chi connectivity index (χ4n) is 6.78. The van der Waals surface area contributed by atoms with Crippen LogP contribution in [0, 0.1) is 18.1 Å². The number of benzene rings is 5. The highest BCUT2D eigenvalue weighted by Crippen LogP contribution is 2.39. The van der Waals surface area contributed by atoms with Crippen LogP contribution in [-0.4, -0.2) is 4.57 Å². The van der Waals surface area contributed by atoms with Gasteiger partial charge < -0.3 is 9.47 Å². The van der Waals surface area contributed by atoms with Crippen LogP contribution in [0.2, 0.25) is 0 Å². The number of hydrogen-bond donors (Lipinski definition) is 0. The SMILES string of the molecule is CC1CC(N(c2ccccc2)c2ccc(-c3ccc(-n4c5ccccc5c5ccccc54)cc3)cc2)=CC=C1c1cc#ccc1. The highest BCUT2D eigenvalue weighted by atomic mass is 15.1. The second-order valence-electron chi connectivity index (χ2n) is 11.7. The van der Waals surface area contributed by atoms with E-state index >= 15 is 0 Å². The molecule has 0 N–H and O–H groups in total. The molecule has 1 unspecified atom stereocenters. The van der Waals surface area contributed by atoms with Gasteiger partial charge in [0.15, 0.2) is 0 Å². The maximum Gasteiger partial charge on any atom is 0.0541 e. The molecule has 45 heavy (non-hydrogen) atoms. The smallest absolute Gasteiger partial charge is 0.0541 e. The molecule has 8 rings (SSSR count). The summed E-state index contributed by atoms with van der Waals surface area (Å²) in [5, 5.41) is 2.56. The first-order valence-electron chi connectivity index (χ1n) is 15.6. The quantitative estimate of drug-likeness (QED) is 0.191. The largest absolute Gasteiger partial charge is 0.314 e. The van der Waals surface area contributed by atoms with E-state index in [0.717, 1.165) is 12.1 Å². The van der Waals surface area contributed by atoms with Gasteiger partial charge in [-0.1, -0.05) is 104 Å². The van der Waals surface area contributed by atoms with Crippen LogP contribution in [0.1, 0.15) is 18.9 Å². The van der Waals surface area contributed by atoms with Gasteiger partial charge in [0.2, 0.25) is 0 Å². The van der Waals surface area contributed by atoms with Crippen molar-refractivity contribution in [1.82, 2.24) is 4.57 Å². The van der Waals surface area contributed by atoms with Crippen LogP contribution in [0.15, 0.2) is 163 Å². The van der Waals surface area contributed by atoms with Gasteiger partial charge in [-0.3, -0.25) is 0 Å². The molecule has 0 saturated carbocycles. The predicted molar refractivity (Wildman–Crippen MR) is 189 cm³/mol. The fourth-order valence-corrected chi connectivity index (χ4v) is 6.78. The lowest BCUT2D eigenvalue weighted by molar-refractivity contribution is 0.715. The summed E-state index contributed by atoms with van der Waals surface area (Å²) in [6.45, 7) is 2.31. The van der Waals surface area contributed by atoms with Crippen molar-refractivity contribution < 1.29 is 0 Å². The summed E-state index contributed by atoms with van der Waals surface area (Å²) >= 11 is 0. The molecule has 0 spiro atoms. The van der Waals surface area contributed by atoms with Crippen molar-refractivity contribution in [3.05, 3.63) is 181 Å².